The van der Waals surface area contributed by atoms with Gasteiger partial charge in [-0.2, -0.15) is 0 Å². The molecule has 1 amide bonds. The van der Waals surface area contributed by atoms with Gasteiger partial charge in [0.25, 0.3) is 5.91 Å². The van der Waals surface area contributed by atoms with Gasteiger partial charge in [-0.3, -0.25) is 4.79 Å². The van der Waals surface area contributed by atoms with Gasteiger partial charge in [0.2, 0.25) is 0 Å². The van der Waals surface area contributed by atoms with Crippen LogP contribution in [-0.2, 0) is 0 Å². The Morgan fingerprint density at radius 3 is 2.83 bits per heavy atom. The van der Waals surface area contributed by atoms with E-state index in [4.69, 9.17) is 0 Å². The summed E-state index contributed by atoms with van der Waals surface area (Å²) in [7, 11) is 0. The van der Waals surface area contributed by atoms with Crippen molar-refractivity contribution in [2.24, 2.45) is 0 Å². The molecule has 1 heterocycles. The molecule has 0 saturated carbocycles. The molecule has 1 aliphatic rings. The van der Waals surface area contributed by atoms with Gasteiger partial charge in [0.15, 0.2) is 0 Å². The van der Waals surface area contributed by atoms with Crippen LogP contribution in [0.3, 0.4) is 0 Å². The molecule has 1 aliphatic heterocycles. The molecule has 0 aromatic heterocycles. The number of benzene rings is 1. The van der Waals surface area contributed by atoms with Crippen molar-refractivity contribution in [3.8, 4) is 5.75 Å². The number of carbonyl (C=O) groups is 1. The van der Waals surface area contributed by atoms with E-state index in [1.54, 1.807) is 18.2 Å². The number of rotatable bonds is 1. The minimum absolute atomic E-state index is 0.0494. The third kappa shape index (κ3) is 2.48. The molecule has 0 aliphatic carbocycles. The summed E-state index contributed by atoms with van der Waals surface area (Å²) in [5.41, 5.74) is 1.49. The third-order valence-electron chi connectivity index (χ3n) is 3.47. The standard InChI is InChI=1S/C14H20N2O2/c1-9-6-12(17)4-5-13(9)14(18)16-8-10(2)15-7-11(16)3/h4-6,10-11,15,17H,7-8H2,1-3H3. The van der Waals surface area contributed by atoms with Crippen LogP contribution < -0.4 is 5.32 Å². The van der Waals surface area contributed by atoms with Crippen LogP contribution in [0, 0.1) is 6.92 Å². The van der Waals surface area contributed by atoms with Crippen molar-refractivity contribution in [1.82, 2.24) is 10.2 Å². The Hall–Kier alpha value is -1.55. The SMILES string of the molecule is Cc1cc(O)ccc1C(=O)N1CC(C)NCC1C. The Morgan fingerprint density at radius 2 is 2.17 bits per heavy atom. The lowest BCUT2D eigenvalue weighted by Gasteiger charge is -2.37. The maximum atomic E-state index is 12.5. The third-order valence-corrected chi connectivity index (χ3v) is 3.47. The first-order chi connectivity index (χ1) is 8.49. The number of hydrogen-bond acceptors (Lipinski definition) is 3. The lowest BCUT2D eigenvalue weighted by molar-refractivity contribution is 0.0615. The minimum atomic E-state index is 0.0494. The summed E-state index contributed by atoms with van der Waals surface area (Å²) in [5, 5.41) is 12.7. The summed E-state index contributed by atoms with van der Waals surface area (Å²) in [5.74, 6) is 0.249. The number of aromatic hydroxyl groups is 1. The molecule has 0 radical (unpaired) electrons. The zero-order chi connectivity index (χ0) is 13.3. The second kappa shape index (κ2) is 4.98. The van der Waals surface area contributed by atoms with Crippen LogP contribution in [0.5, 0.6) is 5.75 Å². The first kappa shape index (κ1) is 12.9. The fourth-order valence-corrected chi connectivity index (χ4v) is 2.35. The number of nitrogens with one attached hydrogen (secondary N) is 1. The first-order valence-corrected chi connectivity index (χ1v) is 6.33. The van der Waals surface area contributed by atoms with Crippen LogP contribution >= 0.6 is 0 Å². The molecule has 0 bridgehead atoms. The number of phenols is 1. The summed E-state index contributed by atoms with van der Waals surface area (Å²) in [4.78, 5) is 14.4. The average Bonchev–Trinajstić information content (AvgIpc) is 2.31. The highest BCUT2D eigenvalue weighted by molar-refractivity contribution is 5.96. The quantitative estimate of drug-likeness (QED) is 0.792. The smallest absolute Gasteiger partial charge is 0.254 e. The van der Waals surface area contributed by atoms with Crippen LogP contribution in [0.25, 0.3) is 0 Å². The monoisotopic (exact) mass is 248 g/mol. The molecule has 2 unspecified atom stereocenters. The highest BCUT2D eigenvalue weighted by Gasteiger charge is 2.27. The summed E-state index contributed by atoms with van der Waals surface area (Å²) in [6, 6.07) is 5.41. The molecule has 98 valence electrons. The second-order valence-electron chi connectivity index (χ2n) is 5.12. The van der Waals surface area contributed by atoms with E-state index in [1.165, 1.54) is 0 Å². The molecule has 1 fully saturated rings. The van der Waals surface area contributed by atoms with Crippen LogP contribution in [0.4, 0.5) is 0 Å². The van der Waals surface area contributed by atoms with Crippen molar-refractivity contribution in [2.75, 3.05) is 13.1 Å². The van der Waals surface area contributed by atoms with Crippen LogP contribution in [-0.4, -0.2) is 41.1 Å². The molecule has 4 heteroatoms. The molecule has 1 aromatic carbocycles. The zero-order valence-corrected chi connectivity index (χ0v) is 11.1. The van der Waals surface area contributed by atoms with E-state index in [0.29, 0.717) is 11.6 Å². The van der Waals surface area contributed by atoms with Crippen molar-refractivity contribution in [2.45, 2.75) is 32.9 Å². The van der Waals surface area contributed by atoms with Gasteiger partial charge < -0.3 is 15.3 Å². The van der Waals surface area contributed by atoms with Crippen LogP contribution in [0.1, 0.15) is 29.8 Å². The predicted octanol–water partition coefficient (Wildman–Crippen LogP) is 1.52. The van der Waals surface area contributed by atoms with Crippen molar-refractivity contribution >= 4 is 5.91 Å². The van der Waals surface area contributed by atoms with Crippen molar-refractivity contribution in [3.05, 3.63) is 29.3 Å². The molecule has 2 N–H and O–H groups in total. The highest BCUT2D eigenvalue weighted by Crippen LogP contribution is 2.19. The molecular formula is C14H20N2O2. The second-order valence-corrected chi connectivity index (χ2v) is 5.12. The molecule has 1 aromatic rings. The minimum Gasteiger partial charge on any atom is -0.508 e. The van der Waals surface area contributed by atoms with Gasteiger partial charge in [-0.1, -0.05) is 0 Å². The van der Waals surface area contributed by atoms with E-state index in [-0.39, 0.29) is 17.7 Å². The maximum absolute atomic E-state index is 12.5. The van der Waals surface area contributed by atoms with Crippen molar-refractivity contribution < 1.29 is 9.90 Å². The van der Waals surface area contributed by atoms with Gasteiger partial charge >= 0.3 is 0 Å². The Kier molecular flexibility index (Phi) is 3.57. The predicted molar refractivity (Wildman–Crippen MR) is 70.8 cm³/mol. The number of piperazine rings is 1. The van der Waals surface area contributed by atoms with Crippen molar-refractivity contribution in [3.63, 3.8) is 0 Å². The lowest BCUT2D eigenvalue weighted by atomic mass is 10.0. The van der Waals surface area contributed by atoms with Gasteiger partial charge in [-0.05, 0) is 44.5 Å². The Morgan fingerprint density at radius 1 is 1.44 bits per heavy atom. The number of carbonyl (C=O) groups excluding carboxylic acids is 1. The van der Waals surface area contributed by atoms with Gasteiger partial charge in [-0.15, -0.1) is 0 Å². The molecule has 4 nitrogen and oxygen atoms in total. The van der Waals surface area contributed by atoms with Crippen molar-refractivity contribution in [1.29, 1.82) is 0 Å². The van der Waals surface area contributed by atoms with Gasteiger partial charge in [0, 0.05) is 30.7 Å². The maximum Gasteiger partial charge on any atom is 0.254 e. The summed E-state index contributed by atoms with van der Waals surface area (Å²) in [6.45, 7) is 7.52. The van der Waals surface area contributed by atoms with Crippen LogP contribution in [0.2, 0.25) is 0 Å². The molecule has 0 spiro atoms. The van der Waals surface area contributed by atoms with Gasteiger partial charge in [0.05, 0.1) is 0 Å². The molecule has 1 saturated heterocycles. The van der Waals surface area contributed by atoms with E-state index in [2.05, 4.69) is 12.2 Å². The Balaban J connectivity index is 2.24. The fraction of sp³-hybridized carbons (Fsp3) is 0.500. The highest BCUT2D eigenvalue weighted by atomic mass is 16.3. The van der Waals surface area contributed by atoms with E-state index in [1.807, 2.05) is 18.7 Å². The summed E-state index contributed by atoms with van der Waals surface area (Å²) >= 11 is 0. The number of hydrogen-bond donors (Lipinski definition) is 2. The molecular weight excluding hydrogens is 228 g/mol. The molecule has 2 rings (SSSR count). The lowest BCUT2D eigenvalue weighted by Crippen LogP contribution is -2.56. The normalized spacial score (nSPS) is 24.1. The topological polar surface area (TPSA) is 52.6 Å². The fourth-order valence-electron chi connectivity index (χ4n) is 2.35. The van der Waals surface area contributed by atoms with Gasteiger partial charge in [0.1, 0.15) is 5.75 Å². The van der Waals surface area contributed by atoms with E-state index >= 15 is 0 Å². The number of phenolic OH excluding ortho intramolecular Hbond substituents is 1. The first-order valence-electron chi connectivity index (χ1n) is 6.33. The Bertz CT molecular complexity index is 459. The van der Waals surface area contributed by atoms with E-state index in [9.17, 15) is 9.90 Å². The largest absolute Gasteiger partial charge is 0.508 e. The molecule has 2 atom stereocenters. The number of aryl methyl sites for hydroxylation is 1. The van der Waals surface area contributed by atoms with E-state index in [0.717, 1.165) is 18.7 Å². The van der Waals surface area contributed by atoms with Crippen LogP contribution in [0.15, 0.2) is 18.2 Å². The average molecular weight is 248 g/mol. The number of amides is 1. The Labute approximate surface area is 108 Å². The summed E-state index contributed by atoms with van der Waals surface area (Å²) in [6.07, 6.45) is 0. The van der Waals surface area contributed by atoms with E-state index < -0.39 is 0 Å². The van der Waals surface area contributed by atoms with Gasteiger partial charge in [-0.25, -0.2) is 0 Å². The number of nitrogens with zero attached hydrogens (tertiary/aromatic N) is 1. The summed E-state index contributed by atoms with van der Waals surface area (Å²) < 4.78 is 0. The molecule has 18 heavy (non-hydrogen) atoms. The zero-order valence-electron chi connectivity index (χ0n) is 11.1.